The maximum absolute atomic E-state index is 12.7. The number of nitrogens with zero attached hydrogens (tertiary/aromatic N) is 2. The number of hydrogen-bond donors (Lipinski definition) is 0. The normalized spacial score (nSPS) is 11.0. The smallest absolute Gasteiger partial charge is 0.280 e. The second-order valence-electron chi connectivity index (χ2n) is 4.58. The molecule has 1 heterocycles. The second kappa shape index (κ2) is 7.11. The monoisotopic (exact) mass is 312 g/mol. The van der Waals surface area contributed by atoms with Crippen LogP contribution in [0.5, 0.6) is 11.5 Å². The maximum Gasteiger partial charge on any atom is 0.280 e. The van der Waals surface area contributed by atoms with Crippen LogP contribution in [0.4, 0.5) is 8.78 Å². The van der Waals surface area contributed by atoms with Crippen molar-refractivity contribution in [2.24, 2.45) is 7.05 Å². The number of aromatic nitrogens is 2. The Morgan fingerprint density at radius 2 is 1.82 bits per heavy atom. The third kappa shape index (κ3) is 3.47. The quantitative estimate of drug-likeness (QED) is 0.789. The molecule has 0 amide bonds. The van der Waals surface area contributed by atoms with E-state index < -0.39 is 12.0 Å². The molecule has 22 heavy (non-hydrogen) atoms. The van der Waals surface area contributed by atoms with Crippen LogP contribution in [0.1, 0.15) is 19.0 Å². The van der Waals surface area contributed by atoms with E-state index in [1.54, 1.807) is 18.2 Å². The molecule has 0 unspecified atom stereocenters. The molecular weight excluding hydrogens is 294 g/mol. The molecule has 0 bridgehead atoms. The zero-order valence-corrected chi connectivity index (χ0v) is 12.5. The number of ether oxygens (including phenoxy) is 2. The number of alkyl halides is 2. The number of para-hydroxylation sites is 2. The Bertz CT molecular complexity index is 680. The van der Waals surface area contributed by atoms with Gasteiger partial charge in [0.25, 0.3) is 12.0 Å². The molecule has 0 N–H and O–H groups in total. The average Bonchev–Trinajstić information content (AvgIpc) is 2.77. The summed E-state index contributed by atoms with van der Waals surface area (Å²) in [5, 5.41) is 0. The first kappa shape index (κ1) is 16.1. The molecule has 1 aromatic heterocycles. The van der Waals surface area contributed by atoms with Gasteiger partial charge in [0, 0.05) is 13.1 Å². The molecule has 0 radical (unpaired) electrons. The van der Waals surface area contributed by atoms with Crippen molar-refractivity contribution in [3.63, 3.8) is 0 Å². The number of hydrogen-bond acceptors (Lipinski definition) is 3. The Kier molecular flexibility index (Phi) is 5.19. The third-order valence-electron chi connectivity index (χ3n) is 3.19. The van der Waals surface area contributed by atoms with E-state index in [0.29, 0.717) is 18.1 Å². The van der Waals surface area contributed by atoms with Gasteiger partial charge in [0.2, 0.25) is 0 Å². The van der Waals surface area contributed by atoms with Crippen LogP contribution in [0.3, 0.4) is 0 Å². The molecular formula is C15H18F2N2O3. The van der Waals surface area contributed by atoms with Crippen LogP contribution in [-0.2, 0) is 13.6 Å². The van der Waals surface area contributed by atoms with Gasteiger partial charge in [-0.15, -0.1) is 0 Å². The Morgan fingerprint density at radius 3 is 2.36 bits per heavy atom. The summed E-state index contributed by atoms with van der Waals surface area (Å²) in [5.41, 5.74) is -0.779. The molecule has 2 rings (SSSR count). The predicted molar refractivity (Wildman–Crippen MR) is 77.7 cm³/mol. The van der Waals surface area contributed by atoms with Crippen molar-refractivity contribution in [2.75, 3.05) is 13.2 Å². The Balaban J connectivity index is 2.05. The molecule has 5 nitrogen and oxygen atoms in total. The highest BCUT2D eigenvalue weighted by atomic mass is 19.3. The van der Waals surface area contributed by atoms with E-state index in [1.165, 1.54) is 11.7 Å². The fourth-order valence-electron chi connectivity index (χ4n) is 2.13. The third-order valence-corrected chi connectivity index (χ3v) is 3.19. The zero-order chi connectivity index (χ0) is 16.1. The molecule has 0 aliphatic rings. The highest BCUT2D eigenvalue weighted by Gasteiger charge is 2.16. The largest absolute Gasteiger partial charge is 0.490 e. The first-order valence-electron chi connectivity index (χ1n) is 6.94. The lowest BCUT2D eigenvalue weighted by atomic mass is 10.3. The van der Waals surface area contributed by atoms with E-state index in [1.807, 2.05) is 13.0 Å². The number of rotatable bonds is 7. The standard InChI is InChI=1S/C15H18F2N2O3/c1-3-21-12-6-4-5-7-13(12)22-9-8-19-14(20)10-11(15(16)17)18(19)2/h4-7,10,15H,3,8-9H2,1-2H3. The van der Waals surface area contributed by atoms with E-state index in [4.69, 9.17) is 9.47 Å². The SMILES string of the molecule is CCOc1ccccc1OCCn1c(=O)cc(C(F)F)n1C. The summed E-state index contributed by atoms with van der Waals surface area (Å²) in [6.07, 6.45) is -2.68. The summed E-state index contributed by atoms with van der Waals surface area (Å²) in [6.45, 7) is 2.72. The van der Waals surface area contributed by atoms with E-state index in [2.05, 4.69) is 0 Å². The van der Waals surface area contributed by atoms with Gasteiger partial charge in [0.1, 0.15) is 12.3 Å². The molecule has 0 saturated heterocycles. The summed E-state index contributed by atoms with van der Waals surface area (Å²) >= 11 is 0. The lowest BCUT2D eigenvalue weighted by Gasteiger charge is -2.13. The van der Waals surface area contributed by atoms with Crippen LogP contribution < -0.4 is 15.0 Å². The maximum atomic E-state index is 12.7. The van der Waals surface area contributed by atoms with Gasteiger partial charge in [-0.1, -0.05) is 12.1 Å². The topological polar surface area (TPSA) is 45.4 Å². The van der Waals surface area contributed by atoms with Crippen molar-refractivity contribution in [2.45, 2.75) is 19.9 Å². The van der Waals surface area contributed by atoms with Crippen LogP contribution >= 0.6 is 0 Å². The van der Waals surface area contributed by atoms with Gasteiger partial charge in [-0.3, -0.25) is 9.48 Å². The van der Waals surface area contributed by atoms with Crippen molar-refractivity contribution >= 4 is 0 Å². The van der Waals surface area contributed by atoms with E-state index in [9.17, 15) is 13.6 Å². The van der Waals surface area contributed by atoms with Crippen LogP contribution in [0.2, 0.25) is 0 Å². The summed E-state index contributed by atoms with van der Waals surface area (Å²) in [6, 6.07) is 8.11. The molecule has 0 spiro atoms. The van der Waals surface area contributed by atoms with Gasteiger partial charge >= 0.3 is 0 Å². The summed E-state index contributed by atoms with van der Waals surface area (Å²) in [7, 11) is 1.43. The van der Waals surface area contributed by atoms with E-state index >= 15 is 0 Å². The van der Waals surface area contributed by atoms with Crippen LogP contribution in [0.15, 0.2) is 35.1 Å². The molecule has 2 aromatic rings. The molecule has 7 heteroatoms. The first-order valence-corrected chi connectivity index (χ1v) is 6.94. The van der Waals surface area contributed by atoms with Gasteiger partial charge in [-0.05, 0) is 19.1 Å². The Labute approximate surface area is 126 Å². The molecule has 0 aliphatic heterocycles. The van der Waals surface area contributed by atoms with Crippen molar-refractivity contribution in [1.82, 2.24) is 9.36 Å². The molecule has 0 saturated carbocycles. The number of benzene rings is 1. The summed E-state index contributed by atoms with van der Waals surface area (Å²) < 4.78 is 38.8. The molecule has 120 valence electrons. The van der Waals surface area contributed by atoms with Crippen molar-refractivity contribution < 1.29 is 18.3 Å². The minimum absolute atomic E-state index is 0.169. The highest BCUT2D eigenvalue weighted by molar-refractivity contribution is 5.39. The van der Waals surface area contributed by atoms with Crippen molar-refractivity contribution in [3.8, 4) is 11.5 Å². The van der Waals surface area contributed by atoms with Gasteiger partial charge in [0.15, 0.2) is 11.5 Å². The minimum atomic E-state index is -2.68. The number of halogens is 2. The summed E-state index contributed by atoms with van der Waals surface area (Å²) in [4.78, 5) is 11.7. The van der Waals surface area contributed by atoms with Crippen molar-refractivity contribution in [3.05, 3.63) is 46.4 Å². The Hall–Kier alpha value is -2.31. The molecule has 0 aliphatic carbocycles. The molecule has 1 aromatic carbocycles. The highest BCUT2D eigenvalue weighted by Crippen LogP contribution is 2.26. The lowest BCUT2D eigenvalue weighted by molar-refractivity contribution is 0.137. The van der Waals surface area contributed by atoms with Crippen LogP contribution in [-0.4, -0.2) is 22.6 Å². The minimum Gasteiger partial charge on any atom is -0.490 e. The van der Waals surface area contributed by atoms with E-state index in [-0.39, 0.29) is 18.8 Å². The van der Waals surface area contributed by atoms with Gasteiger partial charge in [0.05, 0.1) is 13.2 Å². The zero-order valence-electron chi connectivity index (χ0n) is 12.5. The molecule has 0 atom stereocenters. The fourth-order valence-corrected chi connectivity index (χ4v) is 2.13. The van der Waals surface area contributed by atoms with Crippen LogP contribution in [0, 0.1) is 0 Å². The van der Waals surface area contributed by atoms with Gasteiger partial charge in [-0.25, -0.2) is 13.5 Å². The predicted octanol–water partition coefficient (Wildman–Crippen LogP) is 2.60. The molecule has 0 fully saturated rings. The second-order valence-corrected chi connectivity index (χ2v) is 4.58. The fraction of sp³-hybridized carbons (Fsp3) is 0.400. The summed E-state index contributed by atoms with van der Waals surface area (Å²) in [5.74, 6) is 1.16. The van der Waals surface area contributed by atoms with Gasteiger partial charge < -0.3 is 9.47 Å². The van der Waals surface area contributed by atoms with E-state index in [0.717, 1.165) is 10.7 Å². The van der Waals surface area contributed by atoms with Gasteiger partial charge in [-0.2, -0.15) is 0 Å². The van der Waals surface area contributed by atoms with Crippen LogP contribution in [0.25, 0.3) is 0 Å². The lowest BCUT2D eigenvalue weighted by Crippen LogP contribution is -2.24. The first-order chi connectivity index (χ1) is 10.5. The Morgan fingerprint density at radius 1 is 1.18 bits per heavy atom. The van der Waals surface area contributed by atoms with Crippen molar-refractivity contribution in [1.29, 1.82) is 0 Å². The average molecular weight is 312 g/mol.